The van der Waals surface area contributed by atoms with Crippen molar-refractivity contribution in [2.75, 3.05) is 19.6 Å². The van der Waals surface area contributed by atoms with Gasteiger partial charge in [-0.1, -0.05) is 12.1 Å². The number of alkyl halides is 3. The molecule has 3 N–H and O–H groups in total. The van der Waals surface area contributed by atoms with Gasteiger partial charge in [0.15, 0.2) is 0 Å². The molecule has 0 aliphatic carbocycles. The van der Waals surface area contributed by atoms with Crippen LogP contribution in [-0.2, 0) is 32.0 Å². The maximum absolute atomic E-state index is 14.3. The molecule has 17 heteroatoms. The third kappa shape index (κ3) is 9.58. The van der Waals surface area contributed by atoms with E-state index in [4.69, 9.17) is 4.74 Å². The average Bonchev–Trinajstić information content (AvgIpc) is 3.26. The van der Waals surface area contributed by atoms with E-state index in [1.54, 1.807) is 39.0 Å². The number of carboxylic acid groups (broad SMARTS) is 1. The van der Waals surface area contributed by atoms with Crippen molar-refractivity contribution in [3.8, 4) is 0 Å². The number of aromatic carboxylic acids is 1. The lowest BCUT2D eigenvalue weighted by Crippen LogP contribution is -2.62. The smallest absolute Gasteiger partial charge is 0.408 e. The van der Waals surface area contributed by atoms with Crippen LogP contribution in [0.15, 0.2) is 47.7 Å². The fourth-order valence-electron chi connectivity index (χ4n) is 5.96. The number of hydrogen-bond donors (Lipinski definition) is 3. The first-order valence-electron chi connectivity index (χ1n) is 16.1. The molecule has 4 rings (SSSR count). The highest BCUT2D eigenvalue weighted by Crippen LogP contribution is 2.39. The highest BCUT2D eigenvalue weighted by molar-refractivity contribution is 6.14. The molecule has 2 aromatic rings. The van der Waals surface area contributed by atoms with Gasteiger partial charge in [0.25, 0.3) is 5.91 Å². The van der Waals surface area contributed by atoms with Crippen molar-refractivity contribution in [3.05, 3.63) is 65.2 Å². The molecular formula is C34H40F4N6O7. The summed E-state index contributed by atoms with van der Waals surface area (Å²) in [7, 11) is 0. The Bertz CT molecular complexity index is 1710. The number of likely N-dealkylation sites (tertiary alicyclic amines) is 1. The second-order valence-corrected chi connectivity index (χ2v) is 14.0. The van der Waals surface area contributed by atoms with E-state index in [9.17, 15) is 46.6 Å². The molecule has 1 aromatic carbocycles. The number of amides is 4. The molecule has 0 saturated carbocycles. The van der Waals surface area contributed by atoms with E-state index < -0.39 is 77.5 Å². The number of nitrogens with one attached hydrogen (secondary N) is 2. The molecule has 276 valence electrons. The number of alkyl carbamates (subject to hydrolysis) is 1. The van der Waals surface area contributed by atoms with Crippen molar-refractivity contribution in [2.45, 2.75) is 83.7 Å². The minimum atomic E-state index is -4.75. The molecule has 3 heterocycles. The van der Waals surface area contributed by atoms with Crippen LogP contribution in [0, 0.1) is 11.2 Å². The number of halogens is 4. The molecule has 51 heavy (non-hydrogen) atoms. The molecule has 1 unspecified atom stereocenters. The van der Waals surface area contributed by atoms with Crippen LogP contribution in [0.5, 0.6) is 0 Å². The molecule has 1 saturated heterocycles. The van der Waals surface area contributed by atoms with Gasteiger partial charge in [0.2, 0.25) is 11.8 Å². The lowest BCUT2D eigenvalue weighted by atomic mass is 9.74. The number of carbonyl (C=O) groups excluding carboxylic acids is 4. The Labute approximate surface area is 291 Å². The van der Waals surface area contributed by atoms with Crippen LogP contribution in [0.25, 0.3) is 0 Å². The van der Waals surface area contributed by atoms with Gasteiger partial charge in [0, 0.05) is 37.8 Å². The van der Waals surface area contributed by atoms with Crippen molar-refractivity contribution in [3.63, 3.8) is 0 Å². The molecule has 1 fully saturated rings. The van der Waals surface area contributed by atoms with Crippen molar-refractivity contribution in [2.24, 2.45) is 10.5 Å². The highest BCUT2D eigenvalue weighted by atomic mass is 19.4. The van der Waals surface area contributed by atoms with Gasteiger partial charge in [-0.3, -0.25) is 19.4 Å². The number of piperidine rings is 1. The molecule has 1 aromatic heterocycles. The van der Waals surface area contributed by atoms with E-state index in [0.29, 0.717) is 10.7 Å². The summed E-state index contributed by atoms with van der Waals surface area (Å²) in [5.74, 6) is -4.71. The van der Waals surface area contributed by atoms with Crippen molar-refractivity contribution >= 4 is 35.5 Å². The Balaban J connectivity index is 1.66. The van der Waals surface area contributed by atoms with Crippen LogP contribution < -0.4 is 10.6 Å². The molecular weight excluding hydrogens is 680 g/mol. The number of aromatic nitrogens is 1. The van der Waals surface area contributed by atoms with Crippen LogP contribution in [0.3, 0.4) is 0 Å². The van der Waals surface area contributed by atoms with Crippen molar-refractivity contribution in [1.82, 2.24) is 25.5 Å². The predicted octanol–water partition coefficient (Wildman–Crippen LogP) is 3.86. The minimum absolute atomic E-state index is 0.0633. The lowest BCUT2D eigenvalue weighted by molar-refractivity contribution is -0.164. The van der Waals surface area contributed by atoms with Crippen LogP contribution >= 0.6 is 0 Å². The number of ether oxygens (including phenoxy) is 1. The zero-order valence-corrected chi connectivity index (χ0v) is 28.8. The molecule has 2 atom stereocenters. The summed E-state index contributed by atoms with van der Waals surface area (Å²) in [6.07, 6.45) is -4.77. The van der Waals surface area contributed by atoms with Gasteiger partial charge in [-0.2, -0.15) is 18.3 Å². The van der Waals surface area contributed by atoms with Gasteiger partial charge in [-0.25, -0.2) is 19.0 Å². The van der Waals surface area contributed by atoms with Gasteiger partial charge < -0.3 is 25.4 Å². The first-order chi connectivity index (χ1) is 23.6. The van der Waals surface area contributed by atoms with E-state index in [1.165, 1.54) is 31.0 Å². The number of hydrazone groups is 1. The number of carbonyl (C=O) groups is 5. The number of aryl methyl sites for hydroxylation is 1. The number of pyridine rings is 1. The fraction of sp³-hybridized carbons (Fsp3) is 0.500. The third-order valence-corrected chi connectivity index (χ3v) is 8.36. The number of fused-ring (bicyclic) bond motifs is 1. The van der Waals surface area contributed by atoms with Gasteiger partial charge in [-0.15, -0.1) is 0 Å². The van der Waals surface area contributed by atoms with Gasteiger partial charge >= 0.3 is 18.2 Å². The van der Waals surface area contributed by atoms with Gasteiger partial charge in [0.1, 0.15) is 35.0 Å². The van der Waals surface area contributed by atoms with E-state index in [2.05, 4.69) is 20.7 Å². The first-order valence-corrected chi connectivity index (χ1v) is 16.1. The van der Waals surface area contributed by atoms with E-state index in [1.807, 2.05) is 0 Å². The fourth-order valence-corrected chi connectivity index (χ4v) is 5.96. The summed E-state index contributed by atoms with van der Waals surface area (Å²) in [5, 5.41) is 19.1. The molecule has 2 aliphatic heterocycles. The normalized spacial score (nSPS) is 18.5. The first kappa shape index (κ1) is 38.7. The van der Waals surface area contributed by atoms with E-state index >= 15 is 0 Å². The Morgan fingerprint density at radius 2 is 1.78 bits per heavy atom. The van der Waals surface area contributed by atoms with Crippen LogP contribution in [0.2, 0.25) is 0 Å². The van der Waals surface area contributed by atoms with Gasteiger partial charge in [-0.05, 0) is 77.3 Å². The van der Waals surface area contributed by atoms with E-state index in [-0.39, 0.29) is 49.1 Å². The topological polar surface area (TPSA) is 171 Å². The number of rotatable bonds is 11. The van der Waals surface area contributed by atoms with Gasteiger partial charge in [0.05, 0.1) is 11.3 Å². The summed E-state index contributed by atoms with van der Waals surface area (Å²) in [6, 6.07) is 6.60. The molecule has 0 spiro atoms. The average molecular weight is 721 g/mol. The monoisotopic (exact) mass is 720 g/mol. The van der Waals surface area contributed by atoms with E-state index in [0.717, 1.165) is 12.1 Å². The Morgan fingerprint density at radius 3 is 2.39 bits per heavy atom. The predicted molar refractivity (Wildman–Crippen MR) is 174 cm³/mol. The number of benzene rings is 1. The number of hydrogen-bond acceptors (Lipinski definition) is 8. The molecule has 2 aliphatic rings. The SMILES string of the molecule is CC(C)(C)OC(=O)NC(C)(C)C(=O)NC(CCc1ccc(F)cc1C(=O)O)C(=O)N1CCC2=NN(CC(F)(F)F)C(=O)[C@]2(Cc2ccccn2)C1. The third-order valence-electron chi connectivity index (χ3n) is 8.36. The molecule has 0 radical (unpaired) electrons. The standard InChI is InChI=1S/C34H40F4N6O7/c1-31(2,3)51-30(50)41-32(4,5)28(48)40-24(12-10-20-9-11-21(35)16-23(20)27(46)47)26(45)43-15-13-25-33(18-43,17-22-8-6-7-14-39-22)29(49)44(42-25)19-34(36,37)38/h6-9,11,14,16,24H,10,12-13,15,17-19H2,1-5H3,(H,40,48)(H,41,50)(H,46,47)/t24?,33-/m1/s1. The Morgan fingerprint density at radius 1 is 1.08 bits per heavy atom. The number of nitrogens with zero attached hydrogens (tertiary/aromatic N) is 4. The lowest BCUT2D eigenvalue weighted by Gasteiger charge is -2.41. The Kier molecular flexibility index (Phi) is 11.1. The summed E-state index contributed by atoms with van der Waals surface area (Å²) >= 11 is 0. The quantitative estimate of drug-likeness (QED) is 0.294. The largest absolute Gasteiger partial charge is 0.478 e. The zero-order chi connectivity index (χ0) is 37.9. The second kappa shape index (κ2) is 14.6. The maximum Gasteiger partial charge on any atom is 0.408 e. The second-order valence-electron chi connectivity index (χ2n) is 14.0. The summed E-state index contributed by atoms with van der Waals surface area (Å²) in [4.78, 5) is 71.6. The van der Waals surface area contributed by atoms with Crippen molar-refractivity contribution < 1.29 is 51.4 Å². The molecule has 13 nitrogen and oxygen atoms in total. The highest BCUT2D eigenvalue weighted by Gasteiger charge is 2.56. The summed E-state index contributed by atoms with van der Waals surface area (Å²) < 4.78 is 59.5. The Hall–Kier alpha value is -5.09. The van der Waals surface area contributed by atoms with Crippen LogP contribution in [0.1, 0.15) is 69.1 Å². The number of carboxylic acids is 1. The maximum atomic E-state index is 14.3. The van der Waals surface area contributed by atoms with Crippen molar-refractivity contribution in [1.29, 1.82) is 0 Å². The van der Waals surface area contributed by atoms with Crippen LogP contribution in [0.4, 0.5) is 22.4 Å². The minimum Gasteiger partial charge on any atom is -0.478 e. The van der Waals surface area contributed by atoms with Crippen LogP contribution in [-0.4, -0.2) is 98.5 Å². The molecule has 4 amide bonds. The molecule has 0 bridgehead atoms. The summed E-state index contributed by atoms with van der Waals surface area (Å²) in [5.41, 5.74) is -3.87. The summed E-state index contributed by atoms with van der Waals surface area (Å²) in [6.45, 7) is 5.53. The zero-order valence-electron chi connectivity index (χ0n) is 28.8.